The van der Waals surface area contributed by atoms with Crippen molar-refractivity contribution in [2.45, 2.75) is 0 Å². The van der Waals surface area contributed by atoms with E-state index in [1.54, 1.807) is 29.2 Å². The maximum atomic E-state index is 14.6. The van der Waals surface area contributed by atoms with Crippen molar-refractivity contribution in [3.8, 4) is 11.1 Å². The van der Waals surface area contributed by atoms with Crippen LogP contribution in [-0.2, 0) is 4.79 Å². The molecule has 1 saturated heterocycles. The number of rotatable bonds is 5. The average molecular weight is 455 g/mol. The third kappa shape index (κ3) is 4.25. The number of hydrogen-bond acceptors (Lipinski definition) is 6. The van der Waals surface area contributed by atoms with Crippen LogP contribution in [0, 0.1) is 5.82 Å². The lowest BCUT2D eigenvalue weighted by atomic mass is 10.0. The molecule has 4 rings (SSSR count). The Hall–Kier alpha value is -3.56. The van der Waals surface area contributed by atoms with E-state index in [4.69, 9.17) is 17.3 Å². The van der Waals surface area contributed by atoms with E-state index in [0.717, 1.165) is 12.2 Å². The Labute approximate surface area is 188 Å². The lowest BCUT2D eigenvalue weighted by Crippen LogP contribution is -2.48. The van der Waals surface area contributed by atoms with Gasteiger partial charge in [-0.2, -0.15) is 5.10 Å². The van der Waals surface area contributed by atoms with E-state index in [2.05, 4.69) is 15.5 Å². The van der Waals surface area contributed by atoms with E-state index in [1.165, 1.54) is 24.4 Å². The minimum atomic E-state index is -0.825. The molecule has 0 unspecified atom stereocenters. The molecule has 10 heteroatoms. The number of carbonyl (C=O) groups is 2. The second-order valence-electron chi connectivity index (χ2n) is 7.40. The minimum Gasteiger partial charge on any atom is -0.364 e. The van der Waals surface area contributed by atoms with Crippen LogP contribution in [0.2, 0.25) is 5.02 Å². The van der Waals surface area contributed by atoms with Crippen LogP contribution >= 0.6 is 11.6 Å². The largest absolute Gasteiger partial charge is 0.364 e. The van der Waals surface area contributed by atoms with Gasteiger partial charge in [-0.15, -0.1) is 5.10 Å². The highest BCUT2D eigenvalue weighted by atomic mass is 35.5. The fourth-order valence-electron chi connectivity index (χ4n) is 3.56. The lowest BCUT2D eigenvalue weighted by Gasteiger charge is -2.32. The smallest absolute Gasteiger partial charge is 0.271 e. The van der Waals surface area contributed by atoms with Gasteiger partial charge in [0.15, 0.2) is 5.69 Å². The number of anilines is 3. The molecule has 1 aliphatic rings. The number of aromatic nitrogens is 2. The Morgan fingerprint density at radius 3 is 2.59 bits per heavy atom. The molecule has 8 nitrogen and oxygen atoms in total. The first-order valence-electron chi connectivity index (χ1n) is 9.81. The van der Waals surface area contributed by atoms with E-state index in [-0.39, 0.29) is 33.4 Å². The topological polar surface area (TPSA) is 104 Å². The number of halogens is 2. The number of piperazine rings is 1. The predicted molar refractivity (Wildman–Crippen MR) is 121 cm³/mol. The van der Waals surface area contributed by atoms with E-state index in [1.807, 2.05) is 11.9 Å². The molecule has 0 spiro atoms. The number of likely N-dealkylation sites (N-methyl/N-ethyl adjacent to an activating group) is 1. The van der Waals surface area contributed by atoms with Gasteiger partial charge in [-0.05, 0) is 43.4 Å². The summed E-state index contributed by atoms with van der Waals surface area (Å²) in [5, 5.41) is 10.8. The molecule has 164 valence electrons. The third-order valence-electron chi connectivity index (χ3n) is 5.18. The molecule has 32 heavy (non-hydrogen) atoms. The van der Waals surface area contributed by atoms with Gasteiger partial charge < -0.3 is 16.0 Å². The first-order chi connectivity index (χ1) is 15.3. The zero-order valence-corrected chi connectivity index (χ0v) is 17.9. The van der Waals surface area contributed by atoms with Crippen molar-refractivity contribution in [3.63, 3.8) is 0 Å². The molecule has 0 radical (unpaired) electrons. The van der Waals surface area contributed by atoms with Crippen molar-refractivity contribution in [1.82, 2.24) is 15.1 Å². The Balaban J connectivity index is 1.70. The minimum absolute atomic E-state index is 0.0188. The molecule has 2 amide bonds. The van der Waals surface area contributed by atoms with Crippen molar-refractivity contribution in [2.24, 2.45) is 5.73 Å². The first kappa shape index (κ1) is 21.7. The monoisotopic (exact) mass is 454 g/mol. The number of carbonyl (C=O) groups excluding carboxylic acids is 2. The number of amides is 2. The number of nitrogens with two attached hydrogens (primary N) is 1. The third-order valence-corrected chi connectivity index (χ3v) is 5.49. The zero-order chi connectivity index (χ0) is 22.8. The molecule has 3 N–H and O–H groups in total. The van der Waals surface area contributed by atoms with Gasteiger partial charge in [0.2, 0.25) is 5.91 Å². The summed E-state index contributed by atoms with van der Waals surface area (Å²) in [7, 11) is 1.90. The molecular formula is C22H20ClFN6O2. The normalized spacial score (nSPS) is 14.5. The van der Waals surface area contributed by atoms with Crippen molar-refractivity contribution < 1.29 is 14.0 Å². The van der Waals surface area contributed by atoms with Crippen molar-refractivity contribution in [3.05, 3.63) is 65.2 Å². The Kier molecular flexibility index (Phi) is 6.02. The molecule has 3 aromatic rings. The highest BCUT2D eigenvalue weighted by Crippen LogP contribution is 2.37. The number of hydrogen-bond donors (Lipinski definition) is 2. The Morgan fingerprint density at radius 1 is 1.19 bits per heavy atom. The van der Waals surface area contributed by atoms with Crippen molar-refractivity contribution >= 4 is 40.5 Å². The number of nitrogens with one attached hydrogen (secondary N) is 1. The van der Waals surface area contributed by atoms with E-state index < -0.39 is 11.7 Å². The number of primary amides is 1. The Bertz CT molecular complexity index is 1170. The first-order valence-corrected chi connectivity index (χ1v) is 10.2. The predicted octanol–water partition coefficient (Wildman–Crippen LogP) is 3.06. The maximum Gasteiger partial charge on any atom is 0.271 e. The highest BCUT2D eigenvalue weighted by molar-refractivity contribution is 6.33. The average Bonchev–Trinajstić information content (AvgIpc) is 2.75. The molecular weight excluding hydrogens is 435 g/mol. The molecule has 0 atom stereocenters. The van der Waals surface area contributed by atoms with Gasteiger partial charge in [0, 0.05) is 35.6 Å². The molecule has 0 bridgehead atoms. The maximum absolute atomic E-state index is 14.6. The lowest BCUT2D eigenvalue weighted by molar-refractivity contribution is -0.120. The number of nitrogens with zero attached hydrogens (tertiary/aromatic N) is 4. The van der Waals surface area contributed by atoms with Crippen LogP contribution in [0.25, 0.3) is 11.1 Å². The number of benzene rings is 2. The molecule has 1 aliphatic heterocycles. The summed E-state index contributed by atoms with van der Waals surface area (Å²) in [6.07, 6.45) is 1.32. The van der Waals surface area contributed by atoms with E-state index >= 15 is 0 Å². The summed E-state index contributed by atoms with van der Waals surface area (Å²) < 4.78 is 14.6. The fraction of sp³-hybridized carbons (Fsp3) is 0.182. The van der Waals surface area contributed by atoms with Crippen molar-refractivity contribution in [1.29, 1.82) is 0 Å². The van der Waals surface area contributed by atoms with Crippen LogP contribution in [0.4, 0.5) is 21.5 Å². The summed E-state index contributed by atoms with van der Waals surface area (Å²) in [4.78, 5) is 28.0. The quantitative estimate of drug-likeness (QED) is 0.614. The molecule has 2 heterocycles. The van der Waals surface area contributed by atoms with Crippen LogP contribution in [0.3, 0.4) is 0 Å². The molecule has 0 saturated carbocycles. The van der Waals surface area contributed by atoms with Gasteiger partial charge in [0.1, 0.15) is 5.82 Å². The Morgan fingerprint density at radius 2 is 1.94 bits per heavy atom. The molecule has 1 fully saturated rings. The van der Waals surface area contributed by atoms with Gasteiger partial charge in [-0.1, -0.05) is 17.7 Å². The van der Waals surface area contributed by atoms with E-state index in [9.17, 15) is 14.0 Å². The van der Waals surface area contributed by atoms with Crippen LogP contribution in [-0.4, -0.2) is 53.6 Å². The van der Waals surface area contributed by atoms with Crippen LogP contribution < -0.4 is 16.0 Å². The summed E-state index contributed by atoms with van der Waals surface area (Å²) in [5.41, 5.74) is 7.18. The molecule has 2 aromatic carbocycles. The fourth-order valence-corrected chi connectivity index (χ4v) is 3.83. The van der Waals surface area contributed by atoms with E-state index in [0.29, 0.717) is 18.8 Å². The van der Waals surface area contributed by atoms with Gasteiger partial charge in [0.05, 0.1) is 23.5 Å². The van der Waals surface area contributed by atoms with Crippen LogP contribution in [0.5, 0.6) is 0 Å². The molecule has 1 aromatic heterocycles. The summed E-state index contributed by atoms with van der Waals surface area (Å²) in [6, 6.07) is 11.4. The van der Waals surface area contributed by atoms with Gasteiger partial charge in [-0.3, -0.25) is 14.5 Å². The zero-order valence-electron chi connectivity index (χ0n) is 17.2. The molecule has 0 aliphatic carbocycles. The van der Waals surface area contributed by atoms with Crippen LogP contribution in [0.15, 0.2) is 48.7 Å². The summed E-state index contributed by atoms with van der Waals surface area (Å²) in [6.45, 7) is 1.73. The summed E-state index contributed by atoms with van der Waals surface area (Å²) >= 11 is 6.23. The van der Waals surface area contributed by atoms with Gasteiger partial charge >= 0.3 is 0 Å². The van der Waals surface area contributed by atoms with Crippen LogP contribution in [0.1, 0.15) is 10.5 Å². The SMILES string of the molecule is CN1CCN(c2ccc(Nc3c(-c4c(F)cccc4Cl)cnnc3C(N)=O)cc2)C(=O)C1. The second kappa shape index (κ2) is 8.89. The van der Waals surface area contributed by atoms with Crippen molar-refractivity contribution in [2.75, 3.05) is 36.9 Å². The standard InChI is InChI=1S/C22H20ClFN6O2/c1-29-9-10-30(18(31)12-29)14-7-5-13(6-8-14)27-20-15(11-26-28-21(20)22(25)32)19-16(23)3-2-4-17(19)24/h2-8,11H,9-10,12H2,1H3,(H2,25,32)(H,26,27). The van der Waals surface area contributed by atoms with Gasteiger partial charge in [-0.25, -0.2) is 4.39 Å². The highest BCUT2D eigenvalue weighted by Gasteiger charge is 2.23. The summed E-state index contributed by atoms with van der Waals surface area (Å²) in [5.74, 6) is -1.38. The second-order valence-corrected chi connectivity index (χ2v) is 7.80. The van der Waals surface area contributed by atoms with Gasteiger partial charge in [0.25, 0.3) is 5.91 Å².